The van der Waals surface area contributed by atoms with Crippen LogP contribution in [0.15, 0.2) is 66.7 Å². The van der Waals surface area contributed by atoms with E-state index < -0.39 is 11.0 Å². The highest BCUT2D eigenvalue weighted by Crippen LogP contribution is 2.58. The van der Waals surface area contributed by atoms with Crippen LogP contribution in [0.5, 0.6) is 51.7 Å². The third kappa shape index (κ3) is 7.38. The predicted octanol–water partition coefficient (Wildman–Crippen LogP) is 6.79. The van der Waals surface area contributed by atoms with Crippen LogP contribution in [0, 0.1) is 6.92 Å². The van der Waals surface area contributed by atoms with Gasteiger partial charge >= 0.3 is 0 Å². The molecule has 0 saturated carbocycles. The van der Waals surface area contributed by atoms with Crippen LogP contribution in [0.1, 0.15) is 74.6 Å². The zero-order valence-electron chi connectivity index (χ0n) is 27.2. The highest BCUT2D eigenvalue weighted by molar-refractivity contribution is 5.63. The lowest BCUT2D eigenvalue weighted by Gasteiger charge is -2.42. The molecule has 47 heavy (non-hydrogen) atoms. The maximum atomic E-state index is 11.0. The first-order valence-electron chi connectivity index (χ1n) is 15.4. The highest BCUT2D eigenvalue weighted by atomic mass is 16.5. The molecule has 0 fully saturated rings. The summed E-state index contributed by atoms with van der Waals surface area (Å²) in [7, 11) is 0. The van der Waals surface area contributed by atoms with E-state index in [1.165, 1.54) is 30.3 Å². The molecule has 0 aliphatic carbocycles. The summed E-state index contributed by atoms with van der Waals surface area (Å²) in [5, 5.41) is 77.8. The average Bonchev–Trinajstić information content (AvgIpc) is 3.01. The monoisotopic (exact) mass is 648 g/mol. The third-order valence-corrected chi connectivity index (χ3v) is 8.78. The number of phenols is 7. The number of aromatic hydroxyl groups is 7. The van der Waals surface area contributed by atoms with Crippen LogP contribution in [0.3, 0.4) is 0 Å². The van der Waals surface area contributed by atoms with Crippen molar-refractivity contribution in [3.05, 3.63) is 89.0 Å². The fourth-order valence-corrected chi connectivity index (χ4v) is 6.36. The molecule has 2 aliphatic rings. The molecule has 0 bridgehead atoms. The Bertz CT molecular complexity index is 1620. The van der Waals surface area contributed by atoms with Gasteiger partial charge in [0.15, 0.2) is 23.0 Å². The van der Waals surface area contributed by atoms with Gasteiger partial charge in [-0.1, -0.05) is 44.2 Å². The van der Waals surface area contributed by atoms with Gasteiger partial charge < -0.3 is 50.3 Å². The van der Waals surface area contributed by atoms with Crippen molar-refractivity contribution in [2.24, 2.45) is 0 Å². The van der Waals surface area contributed by atoms with Gasteiger partial charge in [0.25, 0.3) is 0 Å². The van der Waals surface area contributed by atoms with Crippen molar-refractivity contribution in [2.45, 2.75) is 70.3 Å². The zero-order chi connectivity index (χ0) is 34.7. The summed E-state index contributed by atoms with van der Waals surface area (Å²) in [6.07, 6.45) is 1.22. The Morgan fingerprint density at radius 1 is 0.553 bits per heavy atom. The van der Waals surface area contributed by atoms with Gasteiger partial charge in [0.05, 0.1) is 18.8 Å². The maximum Gasteiger partial charge on any atom is 0.157 e. The zero-order valence-corrected chi connectivity index (χ0v) is 27.2. The van der Waals surface area contributed by atoms with E-state index in [4.69, 9.17) is 29.9 Å². The summed E-state index contributed by atoms with van der Waals surface area (Å²) >= 11 is 0. The fourth-order valence-electron chi connectivity index (χ4n) is 6.36. The van der Waals surface area contributed by atoms with Gasteiger partial charge in [0.1, 0.15) is 28.7 Å². The Morgan fingerprint density at radius 3 is 1.47 bits per heavy atom. The van der Waals surface area contributed by atoms with Crippen molar-refractivity contribution < 1.29 is 50.3 Å². The van der Waals surface area contributed by atoms with E-state index in [1.54, 1.807) is 44.2 Å². The standard InChI is InChI=1S/C25H32O6.2C6H6O2/c1-13-6-7-16(26)19-14(8-10-30-22(13)19)24(2,3)21-18(28)12-17(27)20-15(25(4,5)29)9-11-31-23(20)21;2*7-5-3-1-2-4-6(5)8/h6-7,12,14-15,26-29H,8-11H2,1-5H3;2*1-4,7-8H. The van der Waals surface area contributed by atoms with E-state index >= 15 is 0 Å². The van der Waals surface area contributed by atoms with Crippen LogP contribution in [-0.2, 0) is 5.41 Å². The summed E-state index contributed by atoms with van der Waals surface area (Å²) in [4.78, 5) is 0. The lowest BCUT2D eigenvalue weighted by atomic mass is 9.66. The second-order valence-electron chi connectivity index (χ2n) is 12.9. The van der Waals surface area contributed by atoms with Crippen LogP contribution in [0.4, 0.5) is 0 Å². The van der Waals surface area contributed by atoms with Gasteiger partial charge in [-0.2, -0.15) is 0 Å². The number of phenolic OH excluding ortho intramolecular Hbond substituents is 7. The minimum absolute atomic E-state index is 0.0576. The molecule has 252 valence electrons. The lowest BCUT2D eigenvalue weighted by Crippen LogP contribution is -2.36. The first-order valence-corrected chi connectivity index (χ1v) is 15.4. The molecular weight excluding hydrogens is 604 g/mol. The number of hydrogen-bond donors (Lipinski definition) is 8. The van der Waals surface area contributed by atoms with Crippen LogP contribution in [0.2, 0.25) is 0 Å². The third-order valence-electron chi connectivity index (χ3n) is 8.78. The number of aryl methyl sites for hydroxylation is 1. The molecule has 0 spiro atoms. The Kier molecular flexibility index (Phi) is 10.3. The van der Waals surface area contributed by atoms with Crippen molar-refractivity contribution in [1.29, 1.82) is 0 Å². The lowest BCUT2D eigenvalue weighted by molar-refractivity contribution is 0.0323. The van der Waals surface area contributed by atoms with Crippen LogP contribution in [0.25, 0.3) is 0 Å². The number of rotatable bonds is 3. The van der Waals surface area contributed by atoms with E-state index in [-0.39, 0.29) is 52.1 Å². The molecule has 10 nitrogen and oxygen atoms in total. The normalized spacial score (nSPS) is 16.9. The minimum Gasteiger partial charge on any atom is -0.508 e. The molecule has 8 N–H and O–H groups in total. The Morgan fingerprint density at radius 2 is 1.00 bits per heavy atom. The summed E-state index contributed by atoms with van der Waals surface area (Å²) in [6.45, 7) is 10.3. The van der Waals surface area contributed by atoms with Gasteiger partial charge in [-0.05, 0) is 69.5 Å². The fraction of sp³-hybridized carbons (Fsp3) is 0.351. The average molecular weight is 649 g/mol. The minimum atomic E-state index is -1.06. The molecule has 0 saturated heterocycles. The molecule has 0 radical (unpaired) electrons. The van der Waals surface area contributed by atoms with E-state index in [2.05, 4.69) is 0 Å². The molecular formula is C37H44O10. The molecule has 2 unspecified atom stereocenters. The van der Waals surface area contributed by atoms with Gasteiger partial charge in [0.2, 0.25) is 0 Å². The summed E-state index contributed by atoms with van der Waals surface area (Å²) in [6, 6.07) is 17.2. The van der Waals surface area contributed by atoms with E-state index in [9.17, 15) is 20.4 Å². The Balaban J connectivity index is 0.000000254. The second-order valence-corrected chi connectivity index (χ2v) is 12.9. The van der Waals surface area contributed by atoms with Crippen LogP contribution < -0.4 is 9.47 Å². The van der Waals surface area contributed by atoms with E-state index in [0.717, 1.165) is 11.1 Å². The van der Waals surface area contributed by atoms with Crippen molar-refractivity contribution >= 4 is 0 Å². The van der Waals surface area contributed by atoms with Gasteiger partial charge in [-0.25, -0.2) is 0 Å². The molecule has 2 heterocycles. The molecule has 2 atom stereocenters. The molecule has 0 aromatic heterocycles. The number of aliphatic hydroxyl groups is 1. The van der Waals surface area contributed by atoms with Crippen molar-refractivity contribution in [3.63, 3.8) is 0 Å². The number of benzene rings is 4. The molecule has 10 heteroatoms. The quantitative estimate of drug-likeness (QED) is 0.110. The predicted molar refractivity (Wildman–Crippen MR) is 177 cm³/mol. The van der Waals surface area contributed by atoms with E-state index in [0.29, 0.717) is 48.7 Å². The molecule has 4 aromatic rings. The number of fused-ring (bicyclic) bond motifs is 2. The van der Waals surface area contributed by atoms with Crippen molar-refractivity contribution in [1.82, 2.24) is 0 Å². The SMILES string of the molecule is Cc1ccc(O)c2c1OCCC2C(C)(C)c1c(O)cc(O)c2c1OCCC2C(C)(C)O.Oc1ccccc1O.Oc1ccccc1O. The van der Waals surface area contributed by atoms with Gasteiger partial charge in [-0.3, -0.25) is 0 Å². The van der Waals surface area contributed by atoms with Crippen molar-refractivity contribution in [3.8, 4) is 51.7 Å². The van der Waals surface area contributed by atoms with Crippen LogP contribution >= 0.6 is 0 Å². The topological polar surface area (TPSA) is 180 Å². The number of para-hydroxylation sites is 4. The highest BCUT2D eigenvalue weighted by Gasteiger charge is 2.45. The molecule has 0 amide bonds. The van der Waals surface area contributed by atoms with E-state index in [1.807, 2.05) is 26.8 Å². The largest absolute Gasteiger partial charge is 0.508 e. The molecule has 6 rings (SSSR count). The Labute approximate surface area is 274 Å². The number of ether oxygens (including phenoxy) is 2. The summed E-state index contributed by atoms with van der Waals surface area (Å²) in [5.74, 6) is 0.363. The number of hydrogen-bond acceptors (Lipinski definition) is 10. The summed E-state index contributed by atoms with van der Waals surface area (Å²) in [5.41, 5.74) is 1.06. The smallest absolute Gasteiger partial charge is 0.157 e. The molecule has 4 aromatic carbocycles. The summed E-state index contributed by atoms with van der Waals surface area (Å²) < 4.78 is 11.9. The van der Waals surface area contributed by atoms with Gasteiger partial charge in [-0.15, -0.1) is 0 Å². The maximum absolute atomic E-state index is 11.0. The van der Waals surface area contributed by atoms with Crippen LogP contribution in [-0.4, -0.2) is 59.7 Å². The van der Waals surface area contributed by atoms with Gasteiger partial charge in [0, 0.05) is 40.0 Å². The Hall–Kier alpha value is -4.96. The first-order chi connectivity index (χ1) is 22.1. The first kappa shape index (κ1) is 34.9. The van der Waals surface area contributed by atoms with Crippen molar-refractivity contribution in [2.75, 3.05) is 13.2 Å². The second kappa shape index (κ2) is 13.8. The molecule has 2 aliphatic heterocycles.